The molecule has 1 aliphatic carbocycles. The Balaban J connectivity index is 1.55. The summed E-state index contributed by atoms with van der Waals surface area (Å²) in [5, 5.41) is 3.97. The van der Waals surface area contributed by atoms with Crippen LogP contribution in [0.15, 0.2) is 79.2 Å². The molecule has 208 valence electrons. The number of hydrogen-bond acceptors (Lipinski definition) is 10. The van der Waals surface area contributed by atoms with Crippen LogP contribution in [0.2, 0.25) is 0 Å². The predicted molar refractivity (Wildman–Crippen MR) is 153 cm³/mol. The van der Waals surface area contributed by atoms with Crippen molar-refractivity contribution in [3.05, 3.63) is 84.7 Å². The minimum absolute atomic E-state index is 0.223. The van der Waals surface area contributed by atoms with E-state index in [1.165, 1.54) is 24.6 Å². The van der Waals surface area contributed by atoms with Crippen LogP contribution in [0.1, 0.15) is 5.56 Å². The van der Waals surface area contributed by atoms with Gasteiger partial charge in [-0.1, -0.05) is 6.07 Å². The Morgan fingerprint density at radius 3 is 2.44 bits per heavy atom. The van der Waals surface area contributed by atoms with Crippen LogP contribution in [-0.2, 0) is 14.3 Å². The van der Waals surface area contributed by atoms with Gasteiger partial charge in [-0.3, -0.25) is 9.59 Å². The first kappa shape index (κ1) is 27.4. The summed E-state index contributed by atoms with van der Waals surface area (Å²) in [5.41, 5.74) is 1.83. The maximum atomic E-state index is 12.9. The number of rotatable bonds is 11. The summed E-state index contributed by atoms with van der Waals surface area (Å²) in [4.78, 5) is 34.0. The van der Waals surface area contributed by atoms with Crippen molar-refractivity contribution in [1.82, 2.24) is 9.97 Å². The number of carbonyl (C=O) groups excluding carboxylic acids is 2. The largest absolute Gasteiger partial charge is 0.497 e. The van der Waals surface area contributed by atoms with Crippen molar-refractivity contribution < 1.29 is 33.3 Å². The van der Waals surface area contributed by atoms with Crippen LogP contribution in [0.5, 0.6) is 28.7 Å². The maximum absolute atomic E-state index is 12.9. The van der Waals surface area contributed by atoms with Crippen molar-refractivity contribution in [3.63, 3.8) is 0 Å². The zero-order valence-electron chi connectivity index (χ0n) is 22.7. The normalized spacial score (nSPS) is 12.7. The molecule has 10 nitrogen and oxygen atoms in total. The molecule has 10 heteroatoms. The highest BCUT2D eigenvalue weighted by molar-refractivity contribution is 6.34. The third kappa shape index (κ3) is 6.18. The van der Waals surface area contributed by atoms with E-state index in [9.17, 15) is 9.59 Å². The van der Waals surface area contributed by atoms with Crippen LogP contribution in [0, 0.1) is 0 Å². The van der Waals surface area contributed by atoms with Gasteiger partial charge in [0.25, 0.3) is 0 Å². The van der Waals surface area contributed by atoms with Crippen LogP contribution in [-0.4, -0.2) is 56.1 Å². The fourth-order valence-electron chi connectivity index (χ4n) is 4.24. The monoisotopic (exact) mass is 553 g/mol. The highest BCUT2D eigenvalue weighted by atomic mass is 16.5. The minimum atomic E-state index is -0.307. The zero-order chi connectivity index (χ0) is 28.8. The molecule has 0 aliphatic heterocycles. The molecule has 0 atom stereocenters. The van der Waals surface area contributed by atoms with E-state index in [-0.39, 0.29) is 17.1 Å². The molecule has 0 fully saturated rings. The van der Waals surface area contributed by atoms with Crippen LogP contribution < -0.4 is 24.3 Å². The molecule has 0 unspecified atom stereocenters. The molecular formula is C31H27N3O7. The van der Waals surface area contributed by atoms with E-state index < -0.39 is 0 Å². The smallest absolute Gasteiger partial charge is 0.186 e. The Morgan fingerprint density at radius 2 is 1.63 bits per heavy atom. The lowest BCUT2D eigenvalue weighted by Gasteiger charge is -2.18. The van der Waals surface area contributed by atoms with Gasteiger partial charge in [0.1, 0.15) is 36.0 Å². The summed E-state index contributed by atoms with van der Waals surface area (Å²) in [7, 11) is 4.72. The van der Waals surface area contributed by atoms with Gasteiger partial charge < -0.3 is 29.0 Å². The Bertz CT molecular complexity index is 1680. The number of nitrogens with zero attached hydrogens (tertiary/aromatic N) is 2. The SMILES string of the molecule is COCCOc1cc2ncnc(Nc3ccc(Oc4cccc(OC)c4)cc3C3=CC(=O)C=CC3=O)c2cc1OC. The molecule has 1 aromatic heterocycles. The molecule has 1 N–H and O–H groups in total. The Hall–Kier alpha value is -5.22. The fraction of sp³-hybridized carbons (Fsp3) is 0.161. The van der Waals surface area contributed by atoms with Crippen LogP contribution >= 0.6 is 0 Å². The van der Waals surface area contributed by atoms with Gasteiger partial charge in [0.2, 0.25) is 0 Å². The summed E-state index contributed by atoms with van der Waals surface area (Å²) in [5.74, 6) is 2.53. The van der Waals surface area contributed by atoms with Gasteiger partial charge in [0.05, 0.1) is 26.3 Å². The lowest BCUT2D eigenvalue weighted by atomic mass is 9.94. The molecule has 0 bridgehead atoms. The summed E-state index contributed by atoms with van der Waals surface area (Å²) in [6, 6.07) is 15.9. The van der Waals surface area contributed by atoms with Crippen molar-refractivity contribution in [2.24, 2.45) is 0 Å². The number of allylic oxidation sites excluding steroid dienone is 4. The molecular weight excluding hydrogens is 526 g/mol. The molecule has 4 aromatic rings. The van der Waals surface area contributed by atoms with Crippen LogP contribution in [0.3, 0.4) is 0 Å². The molecule has 0 spiro atoms. The van der Waals surface area contributed by atoms with Crippen molar-refractivity contribution >= 4 is 39.5 Å². The minimum Gasteiger partial charge on any atom is -0.497 e. The first-order chi connectivity index (χ1) is 20.0. The number of hydrogen-bond donors (Lipinski definition) is 1. The second kappa shape index (κ2) is 12.3. The van der Waals surface area contributed by atoms with Crippen LogP contribution in [0.25, 0.3) is 16.5 Å². The molecule has 41 heavy (non-hydrogen) atoms. The maximum Gasteiger partial charge on any atom is 0.186 e. The van der Waals surface area contributed by atoms with Crippen molar-refractivity contribution in [1.29, 1.82) is 0 Å². The third-order valence-corrected chi connectivity index (χ3v) is 6.23. The van der Waals surface area contributed by atoms with Gasteiger partial charge in [-0.25, -0.2) is 9.97 Å². The standard InChI is InChI=1S/C31H27N3O7/c1-37-11-12-40-30-17-27-25(16-29(30)39-3)31(33-18-32-27)34-26-9-8-22(41-21-6-4-5-20(14-21)38-2)15-23(26)24-13-19(35)7-10-28(24)36/h4-10,13-18H,11-12H2,1-3H3,(H,32,33,34). The Morgan fingerprint density at radius 1 is 0.805 bits per heavy atom. The molecule has 1 aliphatic rings. The van der Waals surface area contributed by atoms with E-state index in [1.807, 2.05) is 12.1 Å². The molecule has 0 saturated heterocycles. The van der Waals surface area contributed by atoms with Gasteiger partial charge in [-0.05, 0) is 54.6 Å². The number of carbonyl (C=O) groups is 2. The molecule has 0 saturated carbocycles. The number of nitrogens with one attached hydrogen (secondary N) is 1. The van der Waals surface area contributed by atoms with Crippen molar-refractivity contribution in [3.8, 4) is 28.7 Å². The molecule has 3 aromatic carbocycles. The van der Waals surface area contributed by atoms with Crippen LogP contribution in [0.4, 0.5) is 11.5 Å². The van der Waals surface area contributed by atoms with Crippen molar-refractivity contribution in [2.75, 3.05) is 39.9 Å². The van der Waals surface area contributed by atoms with E-state index in [4.69, 9.17) is 23.7 Å². The highest BCUT2D eigenvalue weighted by Crippen LogP contribution is 2.38. The highest BCUT2D eigenvalue weighted by Gasteiger charge is 2.21. The number of aromatic nitrogens is 2. The predicted octanol–water partition coefficient (Wildman–Crippen LogP) is 5.30. The Kier molecular flexibility index (Phi) is 8.21. The first-order valence-corrected chi connectivity index (χ1v) is 12.6. The summed E-state index contributed by atoms with van der Waals surface area (Å²) in [6.07, 6.45) is 5.23. The molecule has 0 radical (unpaired) electrons. The lowest BCUT2D eigenvalue weighted by Crippen LogP contribution is -2.09. The number of fused-ring (bicyclic) bond motifs is 1. The average Bonchev–Trinajstić information content (AvgIpc) is 2.99. The second-order valence-electron chi connectivity index (χ2n) is 8.86. The van der Waals surface area contributed by atoms with Gasteiger partial charge in [0.15, 0.2) is 23.1 Å². The number of benzene rings is 3. The summed E-state index contributed by atoms with van der Waals surface area (Å²) in [6.45, 7) is 0.767. The van der Waals surface area contributed by atoms with Gasteiger partial charge in [-0.15, -0.1) is 0 Å². The third-order valence-electron chi connectivity index (χ3n) is 6.23. The number of ketones is 2. The van der Waals surface area contributed by atoms with Gasteiger partial charge in [-0.2, -0.15) is 0 Å². The number of ether oxygens (including phenoxy) is 5. The number of methoxy groups -OCH3 is 3. The summed E-state index contributed by atoms with van der Waals surface area (Å²) < 4.78 is 27.8. The second-order valence-corrected chi connectivity index (χ2v) is 8.86. The fourth-order valence-corrected chi connectivity index (χ4v) is 4.24. The topological polar surface area (TPSA) is 118 Å². The molecule has 1 heterocycles. The van der Waals surface area contributed by atoms with E-state index in [0.717, 1.165) is 0 Å². The molecule has 5 rings (SSSR count). The first-order valence-electron chi connectivity index (χ1n) is 12.6. The summed E-state index contributed by atoms with van der Waals surface area (Å²) >= 11 is 0. The molecule has 0 amide bonds. The Labute approximate surface area is 236 Å². The average molecular weight is 554 g/mol. The number of anilines is 2. The van der Waals surface area contributed by atoms with E-state index in [2.05, 4.69) is 15.3 Å². The quantitative estimate of drug-likeness (QED) is 0.194. The van der Waals surface area contributed by atoms with E-state index >= 15 is 0 Å². The lowest BCUT2D eigenvalue weighted by molar-refractivity contribution is -0.113. The van der Waals surface area contributed by atoms with Crippen molar-refractivity contribution in [2.45, 2.75) is 0 Å². The van der Waals surface area contributed by atoms with Gasteiger partial charge in [0, 0.05) is 41.5 Å². The van der Waals surface area contributed by atoms with E-state index in [0.29, 0.717) is 69.9 Å². The van der Waals surface area contributed by atoms with E-state index in [1.54, 1.807) is 63.8 Å². The zero-order valence-corrected chi connectivity index (χ0v) is 22.7. The van der Waals surface area contributed by atoms with Gasteiger partial charge >= 0.3 is 0 Å².